The second-order valence-electron chi connectivity index (χ2n) is 11.3. The van der Waals surface area contributed by atoms with Gasteiger partial charge >= 0.3 is 0 Å². The average Bonchev–Trinajstić information content (AvgIpc) is 3.29. The fourth-order valence-corrected chi connectivity index (χ4v) is 8.25. The summed E-state index contributed by atoms with van der Waals surface area (Å²) in [6.45, 7) is 11.2. The van der Waals surface area contributed by atoms with Crippen LogP contribution in [0.25, 0.3) is 0 Å². The van der Waals surface area contributed by atoms with Gasteiger partial charge in [-0.3, -0.25) is 4.79 Å². The summed E-state index contributed by atoms with van der Waals surface area (Å²) in [6, 6.07) is 2.10. The molecule has 4 aliphatic rings. The van der Waals surface area contributed by atoms with Crippen LogP contribution in [0.4, 0.5) is 0 Å². The molecule has 0 amide bonds. The third kappa shape index (κ3) is 2.20. The molecule has 0 radical (unpaired) electrons. The first kappa shape index (κ1) is 19.4. The Labute approximate surface area is 174 Å². The van der Waals surface area contributed by atoms with E-state index in [1.165, 1.54) is 11.1 Å². The van der Waals surface area contributed by atoms with Gasteiger partial charge in [-0.2, -0.15) is 0 Å². The first-order chi connectivity index (χ1) is 13.6. The van der Waals surface area contributed by atoms with Crippen molar-refractivity contribution in [3.63, 3.8) is 0 Å². The minimum atomic E-state index is -0.421. The summed E-state index contributed by atoms with van der Waals surface area (Å²) in [4.78, 5) is 12.7. The van der Waals surface area contributed by atoms with Gasteiger partial charge in [-0.15, -0.1) is 0 Å². The third-order valence-corrected chi connectivity index (χ3v) is 9.90. The number of fused-ring (bicyclic) bond motifs is 5. The van der Waals surface area contributed by atoms with Crippen molar-refractivity contribution in [2.75, 3.05) is 0 Å². The van der Waals surface area contributed by atoms with E-state index in [9.17, 15) is 9.90 Å². The number of carbonyl (C=O) groups is 1. The number of hydrogen-bond donors (Lipinski definition) is 1. The third-order valence-electron chi connectivity index (χ3n) is 9.90. The number of hydrogen-bond acceptors (Lipinski definition) is 3. The Morgan fingerprint density at radius 2 is 1.90 bits per heavy atom. The molecular formula is C26H34O3. The van der Waals surface area contributed by atoms with Crippen LogP contribution in [0.1, 0.15) is 71.8 Å². The fraction of sp³-hybridized carbons (Fsp3) is 0.654. The molecule has 156 valence electrons. The zero-order valence-corrected chi connectivity index (χ0v) is 18.4. The molecule has 1 N–H and O–H groups in total. The molecule has 3 nitrogen and oxygen atoms in total. The molecule has 5 rings (SSSR count). The summed E-state index contributed by atoms with van der Waals surface area (Å²) in [5.74, 6) is 1.15. The topological polar surface area (TPSA) is 50.4 Å². The van der Waals surface area contributed by atoms with E-state index in [1.54, 1.807) is 6.26 Å². The molecule has 2 fully saturated rings. The Kier molecular flexibility index (Phi) is 3.84. The first-order valence-corrected chi connectivity index (χ1v) is 11.2. The van der Waals surface area contributed by atoms with Crippen molar-refractivity contribution in [3.05, 3.63) is 48.0 Å². The number of furan rings is 1. The van der Waals surface area contributed by atoms with Gasteiger partial charge in [0.25, 0.3) is 0 Å². The first-order valence-electron chi connectivity index (χ1n) is 11.2. The predicted molar refractivity (Wildman–Crippen MR) is 113 cm³/mol. The average molecular weight is 395 g/mol. The maximum Gasteiger partial charge on any atom is 0.161 e. The number of allylic oxidation sites excluding steroid dienone is 3. The van der Waals surface area contributed by atoms with Crippen LogP contribution < -0.4 is 0 Å². The minimum Gasteiger partial charge on any atom is -0.472 e. The van der Waals surface area contributed by atoms with Crippen LogP contribution in [0.3, 0.4) is 0 Å². The molecule has 0 saturated heterocycles. The predicted octanol–water partition coefficient (Wildman–Crippen LogP) is 5.67. The quantitative estimate of drug-likeness (QED) is 0.625. The number of carbonyl (C=O) groups excluding carboxylic acids is 1. The van der Waals surface area contributed by atoms with Gasteiger partial charge in [0.2, 0.25) is 0 Å². The SMILES string of the molecule is CC1(C)C(=O)C=C[C@]2(C)[C@@H]1C[C@@H](O)[C@@]1(C)C3=CC[C@@H](c4ccoc4)[C@]3(C)CC[C@H]21. The van der Waals surface area contributed by atoms with E-state index < -0.39 is 11.5 Å². The summed E-state index contributed by atoms with van der Waals surface area (Å²) < 4.78 is 5.41. The van der Waals surface area contributed by atoms with Crippen LogP contribution >= 0.6 is 0 Å². The van der Waals surface area contributed by atoms with Crippen LogP contribution in [0.2, 0.25) is 0 Å². The highest BCUT2D eigenvalue weighted by molar-refractivity contribution is 5.95. The van der Waals surface area contributed by atoms with Gasteiger partial charge in [0, 0.05) is 10.8 Å². The van der Waals surface area contributed by atoms with Crippen LogP contribution in [0.5, 0.6) is 0 Å². The lowest BCUT2D eigenvalue weighted by Gasteiger charge is -2.66. The molecule has 4 aliphatic carbocycles. The number of ketones is 1. The zero-order chi connectivity index (χ0) is 20.8. The van der Waals surface area contributed by atoms with Gasteiger partial charge in [-0.1, -0.05) is 52.3 Å². The molecule has 7 atom stereocenters. The van der Waals surface area contributed by atoms with Gasteiger partial charge in [0.15, 0.2) is 5.78 Å². The zero-order valence-electron chi connectivity index (χ0n) is 18.4. The molecule has 1 aromatic heterocycles. The van der Waals surface area contributed by atoms with Crippen LogP contribution in [0.15, 0.2) is 46.8 Å². The van der Waals surface area contributed by atoms with Gasteiger partial charge in [0.05, 0.1) is 18.6 Å². The molecule has 1 aromatic rings. The van der Waals surface area contributed by atoms with Gasteiger partial charge in [0.1, 0.15) is 0 Å². The minimum absolute atomic E-state index is 0.0585. The maximum absolute atomic E-state index is 12.7. The Hall–Kier alpha value is -1.61. The summed E-state index contributed by atoms with van der Waals surface area (Å²) in [5, 5.41) is 11.6. The number of aliphatic hydroxyl groups excluding tert-OH is 1. The second-order valence-corrected chi connectivity index (χ2v) is 11.3. The second kappa shape index (κ2) is 5.75. The summed E-state index contributed by atoms with van der Waals surface area (Å²) >= 11 is 0. The van der Waals surface area contributed by atoms with Gasteiger partial charge in [-0.25, -0.2) is 0 Å². The molecule has 0 aliphatic heterocycles. The Morgan fingerprint density at radius 3 is 2.59 bits per heavy atom. The van der Waals surface area contributed by atoms with E-state index >= 15 is 0 Å². The van der Waals surface area contributed by atoms with Crippen molar-refractivity contribution in [2.45, 2.75) is 72.3 Å². The summed E-state index contributed by atoms with van der Waals surface area (Å²) in [5.41, 5.74) is 2.04. The largest absolute Gasteiger partial charge is 0.472 e. The van der Waals surface area contributed by atoms with E-state index in [2.05, 4.69) is 52.8 Å². The lowest BCUT2D eigenvalue weighted by atomic mass is 9.38. The highest BCUT2D eigenvalue weighted by atomic mass is 16.3. The van der Waals surface area contributed by atoms with E-state index in [0.29, 0.717) is 18.3 Å². The highest BCUT2D eigenvalue weighted by Crippen LogP contribution is 2.72. The molecule has 29 heavy (non-hydrogen) atoms. The fourth-order valence-electron chi connectivity index (χ4n) is 8.25. The molecular weight excluding hydrogens is 360 g/mol. The van der Waals surface area contributed by atoms with Gasteiger partial charge < -0.3 is 9.52 Å². The smallest absolute Gasteiger partial charge is 0.161 e. The van der Waals surface area contributed by atoms with Crippen molar-refractivity contribution < 1.29 is 14.3 Å². The Morgan fingerprint density at radius 1 is 1.14 bits per heavy atom. The van der Waals surface area contributed by atoms with Crippen molar-refractivity contribution in [1.82, 2.24) is 0 Å². The van der Waals surface area contributed by atoms with Crippen LogP contribution in [-0.4, -0.2) is 17.0 Å². The number of rotatable bonds is 1. The summed E-state index contributed by atoms with van der Waals surface area (Å²) in [7, 11) is 0. The Bertz CT molecular complexity index is 906. The van der Waals surface area contributed by atoms with E-state index in [-0.39, 0.29) is 27.9 Å². The van der Waals surface area contributed by atoms with Crippen molar-refractivity contribution in [1.29, 1.82) is 0 Å². The van der Waals surface area contributed by atoms with Crippen LogP contribution in [-0.2, 0) is 4.79 Å². The van der Waals surface area contributed by atoms with Crippen LogP contribution in [0, 0.1) is 33.5 Å². The highest BCUT2D eigenvalue weighted by Gasteiger charge is 2.67. The number of aliphatic hydroxyl groups is 1. The van der Waals surface area contributed by atoms with Crippen molar-refractivity contribution >= 4 is 5.78 Å². The molecule has 1 heterocycles. The van der Waals surface area contributed by atoms with E-state index in [0.717, 1.165) is 19.3 Å². The molecule has 2 saturated carbocycles. The van der Waals surface area contributed by atoms with E-state index in [1.807, 2.05) is 12.3 Å². The monoisotopic (exact) mass is 394 g/mol. The Balaban J connectivity index is 1.60. The van der Waals surface area contributed by atoms with Crippen molar-refractivity contribution in [2.24, 2.45) is 33.5 Å². The van der Waals surface area contributed by atoms with Crippen molar-refractivity contribution in [3.8, 4) is 0 Å². The normalized spacial score (nSPS) is 47.9. The molecule has 0 spiro atoms. The standard InChI is InChI=1S/C26H34O3/c1-23(2)20-14-22(28)26(5)18-7-6-17(16-10-13-29-15-16)24(18,3)11-8-19(26)25(20,4)12-9-21(23)27/h7,9-10,12-13,15,17,19-20,22,28H,6,8,11,14H2,1-5H3/t17-,19+,20+,22+,24-,25-,26-/m0/s1. The van der Waals surface area contributed by atoms with Gasteiger partial charge in [-0.05, 0) is 72.0 Å². The summed E-state index contributed by atoms with van der Waals surface area (Å²) in [6.07, 6.45) is 13.6. The maximum atomic E-state index is 12.7. The van der Waals surface area contributed by atoms with E-state index in [4.69, 9.17) is 4.42 Å². The molecule has 0 unspecified atom stereocenters. The lowest BCUT2D eigenvalue weighted by Crippen LogP contribution is -2.63. The molecule has 3 heteroatoms. The molecule has 0 bridgehead atoms. The lowest BCUT2D eigenvalue weighted by molar-refractivity contribution is -0.163. The molecule has 0 aromatic carbocycles.